The van der Waals surface area contributed by atoms with E-state index in [4.69, 9.17) is 4.74 Å². The van der Waals surface area contributed by atoms with Crippen LogP contribution in [0.5, 0.6) is 0 Å². The van der Waals surface area contributed by atoms with E-state index < -0.39 is 21.5 Å². The maximum Gasteiger partial charge on any atom is 0.407 e. The molecule has 0 aromatic rings. The minimum Gasteiger partial charge on any atom is -0.444 e. The summed E-state index contributed by atoms with van der Waals surface area (Å²) in [5, 5.41) is 6.03. The zero-order valence-corrected chi connectivity index (χ0v) is 16.1. The smallest absolute Gasteiger partial charge is 0.407 e. The molecule has 24 heavy (non-hydrogen) atoms. The predicted octanol–water partition coefficient (Wildman–Crippen LogP) is 0.596. The van der Waals surface area contributed by atoms with E-state index in [-0.39, 0.29) is 11.8 Å². The number of guanidine groups is 1. The van der Waals surface area contributed by atoms with Gasteiger partial charge in [0.05, 0.1) is 11.8 Å². The molecule has 0 aliphatic carbocycles. The number of nitrogens with zero attached hydrogens (tertiary/aromatic N) is 2. The molecule has 1 saturated heterocycles. The molecule has 8 nitrogen and oxygen atoms in total. The van der Waals surface area contributed by atoms with Crippen molar-refractivity contribution in [1.29, 1.82) is 0 Å². The summed E-state index contributed by atoms with van der Waals surface area (Å²) < 4.78 is 27.5. The molecule has 1 fully saturated rings. The Bertz CT molecular complexity index is 554. The number of likely N-dealkylation sites (tertiary alicyclic amines) is 1. The highest BCUT2D eigenvalue weighted by Crippen LogP contribution is 2.12. The fraction of sp³-hybridized carbons (Fsp3) is 0.867. The molecule has 0 saturated carbocycles. The molecule has 1 amide bonds. The largest absolute Gasteiger partial charge is 0.444 e. The monoisotopic (exact) mass is 362 g/mol. The summed E-state index contributed by atoms with van der Waals surface area (Å²) in [5.41, 5.74) is -0.514. The molecule has 1 aliphatic heterocycles. The first kappa shape index (κ1) is 20.5. The first-order chi connectivity index (χ1) is 11.0. The van der Waals surface area contributed by atoms with E-state index >= 15 is 0 Å². The van der Waals surface area contributed by atoms with Crippen LogP contribution >= 0.6 is 0 Å². The summed E-state index contributed by atoms with van der Waals surface area (Å²) in [5.74, 6) is 0.872. The molecule has 1 unspecified atom stereocenters. The number of hydrogen-bond donors (Lipinski definition) is 2. The Morgan fingerprint density at radius 3 is 2.58 bits per heavy atom. The van der Waals surface area contributed by atoms with Crippen LogP contribution in [0.3, 0.4) is 0 Å². The molecule has 9 heteroatoms. The first-order valence-electron chi connectivity index (χ1n) is 8.13. The minimum atomic E-state index is -2.94. The molecular weight excluding hydrogens is 332 g/mol. The van der Waals surface area contributed by atoms with E-state index in [1.807, 2.05) is 25.7 Å². The molecule has 1 rings (SSSR count). The number of ether oxygens (including phenoxy) is 1. The molecule has 1 aliphatic rings. The topological polar surface area (TPSA) is 100 Å². The third kappa shape index (κ3) is 8.37. The van der Waals surface area contributed by atoms with Crippen molar-refractivity contribution < 1.29 is 17.9 Å². The maximum absolute atomic E-state index is 11.8. The lowest BCUT2D eigenvalue weighted by Gasteiger charge is -2.23. The number of aliphatic imine (C=N–C) groups is 1. The second kappa shape index (κ2) is 8.55. The standard InChI is InChI=1S/C15H30N4O4S/c1-15(2,3)23-14(20)18-12-7-9-19(11-12)13(16-4)17-8-6-10-24(5,21)22/h12H,6-11H2,1-5H3,(H,16,17)(H,18,20). The van der Waals surface area contributed by atoms with Gasteiger partial charge in [0.1, 0.15) is 15.4 Å². The van der Waals surface area contributed by atoms with E-state index in [9.17, 15) is 13.2 Å². The summed E-state index contributed by atoms with van der Waals surface area (Å²) in [6, 6.07) is 0.00872. The summed E-state index contributed by atoms with van der Waals surface area (Å²) in [4.78, 5) is 18.1. The SMILES string of the molecule is CN=C(NCCCS(C)(=O)=O)N1CCC(NC(=O)OC(C)(C)C)C1. The highest BCUT2D eigenvalue weighted by Gasteiger charge is 2.27. The molecule has 0 spiro atoms. The van der Waals surface area contributed by atoms with E-state index in [0.717, 1.165) is 18.9 Å². The van der Waals surface area contributed by atoms with Gasteiger partial charge in [-0.05, 0) is 33.6 Å². The van der Waals surface area contributed by atoms with Gasteiger partial charge in [-0.15, -0.1) is 0 Å². The Morgan fingerprint density at radius 2 is 2.04 bits per heavy atom. The van der Waals surface area contributed by atoms with Crippen LogP contribution in [0.1, 0.15) is 33.6 Å². The normalized spacial score (nSPS) is 19.3. The molecule has 0 bridgehead atoms. The number of rotatable bonds is 5. The van der Waals surface area contributed by atoms with Crippen molar-refractivity contribution in [2.75, 3.05) is 38.7 Å². The van der Waals surface area contributed by atoms with Crippen molar-refractivity contribution in [2.24, 2.45) is 4.99 Å². The maximum atomic E-state index is 11.8. The van der Waals surface area contributed by atoms with Crippen molar-refractivity contribution in [3.8, 4) is 0 Å². The molecule has 1 atom stereocenters. The van der Waals surface area contributed by atoms with E-state index in [1.54, 1.807) is 7.05 Å². The lowest BCUT2D eigenvalue weighted by molar-refractivity contribution is 0.0507. The number of sulfone groups is 1. The van der Waals surface area contributed by atoms with Gasteiger partial charge < -0.3 is 20.3 Å². The Kier molecular flexibility index (Phi) is 7.31. The lowest BCUT2D eigenvalue weighted by Crippen LogP contribution is -2.44. The molecular formula is C15H30N4O4S. The Balaban J connectivity index is 2.39. The Hall–Kier alpha value is -1.51. The number of hydrogen-bond acceptors (Lipinski definition) is 5. The van der Waals surface area contributed by atoms with Crippen LogP contribution in [0, 0.1) is 0 Å². The Morgan fingerprint density at radius 1 is 1.38 bits per heavy atom. The fourth-order valence-corrected chi connectivity index (χ4v) is 3.08. The highest BCUT2D eigenvalue weighted by molar-refractivity contribution is 7.90. The molecule has 0 aromatic carbocycles. The number of alkyl carbamates (subject to hydrolysis) is 1. The number of amides is 1. The van der Waals surface area contributed by atoms with E-state index in [0.29, 0.717) is 19.5 Å². The van der Waals surface area contributed by atoms with Crippen molar-refractivity contribution in [1.82, 2.24) is 15.5 Å². The van der Waals surface area contributed by atoms with E-state index in [1.165, 1.54) is 6.26 Å². The third-order valence-electron chi connectivity index (χ3n) is 3.40. The lowest BCUT2D eigenvalue weighted by atomic mass is 10.2. The number of carbonyl (C=O) groups is 1. The summed E-state index contributed by atoms with van der Waals surface area (Å²) in [6.45, 7) is 7.44. The third-order valence-corrected chi connectivity index (χ3v) is 4.43. The van der Waals surface area contributed by atoms with Crippen molar-refractivity contribution >= 4 is 21.9 Å². The molecule has 0 aromatic heterocycles. The van der Waals surface area contributed by atoms with Gasteiger partial charge in [0.2, 0.25) is 0 Å². The van der Waals surface area contributed by atoms with E-state index in [2.05, 4.69) is 15.6 Å². The van der Waals surface area contributed by atoms with Gasteiger partial charge in [0.25, 0.3) is 0 Å². The van der Waals surface area contributed by atoms with Crippen LogP contribution in [0.2, 0.25) is 0 Å². The van der Waals surface area contributed by atoms with Gasteiger partial charge >= 0.3 is 6.09 Å². The second-order valence-corrected chi connectivity index (χ2v) is 9.30. The highest BCUT2D eigenvalue weighted by atomic mass is 32.2. The van der Waals surface area contributed by atoms with Crippen LogP contribution < -0.4 is 10.6 Å². The summed E-state index contributed by atoms with van der Waals surface area (Å²) >= 11 is 0. The van der Waals surface area contributed by atoms with Crippen molar-refractivity contribution in [3.63, 3.8) is 0 Å². The average molecular weight is 362 g/mol. The van der Waals surface area contributed by atoms with Crippen LogP contribution in [0.15, 0.2) is 4.99 Å². The molecule has 140 valence electrons. The average Bonchev–Trinajstić information content (AvgIpc) is 2.83. The molecule has 0 radical (unpaired) electrons. The zero-order chi connectivity index (χ0) is 18.4. The van der Waals surface area contributed by atoms with Gasteiger partial charge in [-0.25, -0.2) is 13.2 Å². The van der Waals surface area contributed by atoms with Gasteiger partial charge in [0.15, 0.2) is 5.96 Å². The quantitative estimate of drug-likeness (QED) is 0.422. The predicted molar refractivity (Wildman–Crippen MR) is 95.0 cm³/mol. The van der Waals surface area contributed by atoms with Gasteiger partial charge in [-0.3, -0.25) is 4.99 Å². The van der Waals surface area contributed by atoms with Crippen LogP contribution in [-0.4, -0.2) is 75.7 Å². The minimum absolute atomic E-state index is 0.00872. The van der Waals surface area contributed by atoms with Crippen LogP contribution in [0.4, 0.5) is 4.79 Å². The molecule has 1 heterocycles. The number of carbonyl (C=O) groups excluding carboxylic acids is 1. The van der Waals surface area contributed by atoms with Crippen LogP contribution in [-0.2, 0) is 14.6 Å². The van der Waals surface area contributed by atoms with Crippen molar-refractivity contribution in [2.45, 2.75) is 45.3 Å². The summed E-state index contributed by atoms with van der Waals surface area (Å²) in [7, 11) is -1.25. The number of nitrogens with one attached hydrogen (secondary N) is 2. The fourth-order valence-electron chi connectivity index (χ4n) is 2.41. The van der Waals surface area contributed by atoms with Crippen LogP contribution in [0.25, 0.3) is 0 Å². The van der Waals surface area contributed by atoms with Gasteiger partial charge in [0, 0.05) is 32.9 Å². The van der Waals surface area contributed by atoms with Gasteiger partial charge in [-0.2, -0.15) is 0 Å². The van der Waals surface area contributed by atoms with Crippen molar-refractivity contribution in [3.05, 3.63) is 0 Å². The Labute approximate surface area is 144 Å². The second-order valence-electron chi connectivity index (χ2n) is 7.04. The summed E-state index contributed by atoms with van der Waals surface area (Å²) in [6.07, 6.45) is 2.16. The first-order valence-corrected chi connectivity index (χ1v) is 10.2. The zero-order valence-electron chi connectivity index (χ0n) is 15.3. The molecule has 2 N–H and O–H groups in total. The van der Waals surface area contributed by atoms with Gasteiger partial charge in [-0.1, -0.05) is 0 Å².